The molecule has 0 radical (unpaired) electrons. The van der Waals surface area contributed by atoms with Crippen LogP contribution in [0.3, 0.4) is 0 Å². The maximum Gasteiger partial charge on any atom is 0.330 e. The first kappa shape index (κ1) is 36.7. The number of methoxy groups -OCH3 is 2. The number of benzene rings is 1. The molecule has 1 unspecified atom stereocenters. The first-order valence-corrected chi connectivity index (χ1v) is 16.1. The van der Waals surface area contributed by atoms with Gasteiger partial charge in [0.25, 0.3) is 0 Å². The van der Waals surface area contributed by atoms with Crippen LogP contribution in [0.2, 0.25) is 0 Å². The van der Waals surface area contributed by atoms with Gasteiger partial charge in [-0.05, 0) is 49.7 Å². The molecule has 1 fully saturated rings. The van der Waals surface area contributed by atoms with Crippen LogP contribution in [0.4, 0.5) is 0 Å². The summed E-state index contributed by atoms with van der Waals surface area (Å²) in [7, 11) is 2.93. The number of allylic oxidation sites excluding steroid dienone is 1. The van der Waals surface area contributed by atoms with E-state index < -0.39 is 23.3 Å². The Hall–Kier alpha value is -2.48. The molecular weight excluding hydrogens is 544 g/mol. The second kappa shape index (κ2) is 18.4. The molecule has 0 aliphatic carbocycles. The Kier molecular flexibility index (Phi) is 15.7. The van der Waals surface area contributed by atoms with E-state index in [1.165, 1.54) is 13.2 Å². The van der Waals surface area contributed by atoms with Crippen molar-refractivity contribution in [1.82, 2.24) is 0 Å². The number of hydrogen-bond acceptors (Lipinski definition) is 7. The topological polar surface area (TPSA) is 80.3 Å². The average Bonchev–Trinajstić information content (AvgIpc) is 3.00. The van der Waals surface area contributed by atoms with E-state index in [0.717, 1.165) is 44.1 Å². The standard InChI is InChI=1S/C36H56O7/c1-9-11-13-14-18-21-32(37)42-34-30(25-33(38)39-7)24-31(43-36(34,40-8)35(5,6)22-12-10-2)23-27(3)28(4)41-26-29-19-16-15-17-20-29/h12,15-17,19-20,22,25,27-28,31,34H,9-11,13-14,18,21,23-24,26H2,1-8H3/b22-12+,30-25+/t27-,28-,31?,34+,36-/m1/s1. The molecule has 1 aromatic rings. The predicted octanol–water partition coefficient (Wildman–Crippen LogP) is 8.11. The fourth-order valence-electron chi connectivity index (χ4n) is 5.67. The highest BCUT2D eigenvalue weighted by molar-refractivity contribution is 5.83. The lowest BCUT2D eigenvalue weighted by molar-refractivity contribution is -0.337. The Bertz CT molecular complexity index is 1030. The lowest BCUT2D eigenvalue weighted by Gasteiger charge is -2.53. The van der Waals surface area contributed by atoms with Crippen molar-refractivity contribution in [2.75, 3.05) is 14.2 Å². The third kappa shape index (κ3) is 10.9. The number of esters is 2. The Morgan fingerprint density at radius 2 is 1.77 bits per heavy atom. The van der Waals surface area contributed by atoms with Crippen LogP contribution in [-0.2, 0) is 39.9 Å². The zero-order valence-electron chi connectivity index (χ0n) is 27.9. The van der Waals surface area contributed by atoms with Crippen LogP contribution in [0, 0.1) is 11.3 Å². The van der Waals surface area contributed by atoms with Gasteiger partial charge in [-0.3, -0.25) is 4.79 Å². The molecule has 242 valence electrons. The molecule has 1 saturated heterocycles. The molecule has 7 nitrogen and oxygen atoms in total. The van der Waals surface area contributed by atoms with Crippen molar-refractivity contribution in [1.29, 1.82) is 0 Å². The monoisotopic (exact) mass is 600 g/mol. The fraction of sp³-hybridized carbons (Fsp3) is 0.667. The summed E-state index contributed by atoms with van der Waals surface area (Å²) in [4.78, 5) is 25.8. The van der Waals surface area contributed by atoms with Crippen LogP contribution in [0.25, 0.3) is 0 Å². The van der Waals surface area contributed by atoms with Crippen molar-refractivity contribution in [3.8, 4) is 0 Å². The second-order valence-corrected chi connectivity index (χ2v) is 12.3. The fourth-order valence-corrected chi connectivity index (χ4v) is 5.67. The van der Waals surface area contributed by atoms with Crippen molar-refractivity contribution < 1.29 is 33.3 Å². The van der Waals surface area contributed by atoms with Crippen molar-refractivity contribution in [2.24, 2.45) is 11.3 Å². The minimum atomic E-state index is -1.37. The molecule has 1 aliphatic heterocycles. The summed E-state index contributed by atoms with van der Waals surface area (Å²) in [5.41, 5.74) is 1.04. The van der Waals surface area contributed by atoms with Gasteiger partial charge in [0.2, 0.25) is 5.79 Å². The van der Waals surface area contributed by atoms with Crippen LogP contribution in [0.1, 0.15) is 105 Å². The Morgan fingerprint density at radius 3 is 2.40 bits per heavy atom. The quantitative estimate of drug-likeness (QED) is 0.0729. The number of carbonyl (C=O) groups excluding carboxylic acids is 2. The Labute approximate surface area is 260 Å². The Balaban J connectivity index is 2.37. The van der Waals surface area contributed by atoms with Crippen LogP contribution >= 0.6 is 0 Å². The number of hydrogen-bond donors (Lipinski definition) is 0. The summed E-state index contributed by atoms with van der Waals surface area (Å²) in [5.74, 6) is -2.06. The van der Waals surface area contributed by atoms with Crippen LogP contribution in [0.5, 0.6) is 0 Å². The van der Waals surface area contributed by atoms with Gasteiger partial charge in [0.1, 0.15) is 0 Å². The van der Waals surface area contributed by atoms with Gasteiger partial charge in [-0.2, -0.15) is 0 Å². The van der Waals surface area contributed by atoms with Crippen LogP contribution < -0.4 is 0 Å². The van der Waals surface area contributed by atoms with Gasteiger partial charge in [-0.25, -0.2) is 4.79 Å². The van der Waals surface area contributed by atoms with E-state index in [1.807, 2.05) is 32.0 Å². The van der Waals surface area contributed by atoms with Crippen molar-refractivity contribution >= 4 is 11.9 Å². The molecule has 0 amide bonds. The highest BCUT2D eigenvalue weighted by Gasteiger charge is 2.59. The summed E-state index contributed by atoms with van der Waals surface area (Å²) in [6.45, 7) is 13.0. The molecule has 0 aromatic heterocycles. The van der Waals surface area contributed by atoms with E-state index >= 15 is 0 Å². The van der Waals surface area contributed by atoms with Crippen LogP contribution in [0.15, 0.2) is 54.1 Å². The largest absolute Gasteiger partial charge is 0.466 e. The normalized spacial score (nSPS) is 23.3. The third-order valence-corrected chi connectivity index (χ3v) is 8.49. The van der Waals surface area contributed by atoms with E-state index in [9.17, 15) is 9.59 Å². The second-order valence-electron chi connectivity index (χ2n) is 12.3. The maximum atomic E-state index is 13.2. The molecule has 7 heteroatoms. The lowest BCUT2D eigenvalue weighted by Crippen LogP contribution is -2.63. The number of unbranched alkanes of at least 4 members (excludes halogenated alkanes) is 4. The molecular formula is C36H56O7. The smallest absolute Gasteiger partial charge is 0.330 e. The maximum absolute atomic E-state index is 13.2. The molecule has 1 aliphatic rings. The molecule has 0 saturated carbocycles. The zero-order valence-corrected chi connectivity index (χ0v) is 27.9. The van der Waals surface area contributed by atoms with Gasteiger partial charge in [0.15, 0.2) is 6.10 Å². The first-order valence-electron chi connectivity index (χ1n) is 16.1. The van der Waals surface area contributed by atoms with E-state index in [2.05, 4.69) is 52.0 Å². The summed E-state index contributed by atoms with van der Waals surface area (Å²) in [6.07, 6.45) is 11.6. The van der Waals surface area contributed by atoms with Gasteiger partial charge >= 0.3 is 11.9 Å². The number of rotatable bonds is 18. The van der Waals surface area contributed by atoms with Gasteiger partial charge in [0.05, 0.1) is 25.9 Å². The van der Waals surface area contributed by atoms with Crippen LogP contribution in [-0.4, -0.2) is 50.3 Å². The molecule has 5 atom stereocenters. The highest BCUT2D eigenvalue weighted by Crippen LogP contribution is 2.49. The van der Waals surface area contributed by atoms with Gasteiger partial charge in [0, 0.05) is 25.0 Å². The molecule has 1 heterocycles. The van der Waals surface area contributed by atoms with Crippen molar-refractivity contribution in [3.63, 3.8) is 0 Å². The summed E-state index contributed by atoms with van der Waals surface area (Å²) in [5, 5.41) is 0. The zero-order chi connectivity index (χ0) is 31.9. The molecule has 2 rings (SSSR count). The number of ether oxygens (including phenoxy) is 5. The summed E-state index contributed by atoms with van der Waals surface area (Å²) < 4.78 is 30.6. The lowest BCUT2D eigenvalue weighted by atomic mass is 9.73. The number of carbonyl (C=O) groups is 2. The molecule has 0 N–H and O–H groups in total. The molecule has 1 aromatic carbocycles. The molecule has 43 heavy (non-hydrogen) atoms. The van der Waals surface area contributed by atoms with Crippen molar-refractivity contribution in [2.45, 2.75) is 130 Å². The third-order valence-electron chi connectivity index (χ3n) is 8.49. The minimum absolute atomic E-state index is 0.0370. The highest BCUT2D eigenvalue weighted by atomic mass is 16.7. The summed E-state index contributed by atoms with van der Waals surface area (Å²) >= 11 is 0. The Morgan fingerprint density at radius 1 is 1.07 bits per heavy atom. The summed E-state index contributed by atoms with van der Waals surface area (Å²) in [6, 6.07) is 10.1. The van der Waals surface area contributed by atoms with E-state index in [1.54, 1.807) is 7.11 Å². The van der Waals surface area contributed by atoms with E-state index in [0.29, 0.717) is 31.4 Å². The van der Waals surface area contributed by atoms with Gasteiger partial charge < -0.3 is 23.7 Å². The van der Waals surface area contributed by atoms with E-state index in [4.69, 9.17) is 23.7 Å². The SMILES string of the molecule is CC/C=C/C(C)(C)[C@]1(OC)OC(C[C@@H](C)[C@@H](C)OCc2ccccc2)C/C(=C\C(=O)OC)[C@@H]1OC(=O)CCCCCCC. The predicted molar refractivity (Wildman–Crippen MR) is 170 cm³/mol. The average molecular weight is 601 g/mol. The first-order chi connectivity index (χ1) is 20.5. The molecule has 0 spiro atoms. The molecule has 0 bridgehead atoms. The van der Waals surface area contributed by atoms with Gasteiger partial charge in [-0.15, -0.1) is 0 Å². The minimum Gasteiger partial charge on any atom is -0.466 e. The van der Waals surface area contributed by atoms with Gasteiger partial charge in [-0.1, -0.05) is 103 Å². The van der Waals surface area contributed by atoms with E-state index in [-0.39, 0.29) is 24.1 Å². The van der Waals surface area contributed by atoms with Crippen molar-refractivity contribution in [3.05, 3.63) is 59.7 Å².